The van der Waals surface area contributed by atoms with E-state index in [4.69, 9.17) is 0 Å². The van der Waals surface area contributed by atoms with Crippen LogP contribution in [-0.2, 0) is 5.75 Å². The van der Waals surface area contributed by atoms with Crippen LogP contribution in [0.5, 0.6) is 0 Å². The van der Waals surface area contributed by atoms with E-state index in [0.29, 0.717) is 16.2 Å². The minimum absolute atomic E-state index is 0.165. The highest BCUT2D eigenvalue weighted by molar-refractivity contribution is 7.98. The van der Waals surface area contributed by atoms with Crippen molar-refractivity contribution in [1.29, 1.82) is 0 Å². The largest absolute Gasteiger partial charge is 0.301 e. The van der Waals surface area contributed by atoms with Gasteiger partial charge in [0.25, 0.3) is 5.56 Å². The third-order valence-corrected chi connectivity index (χ3v) is 5.16. The van der Waals surface area contributed by atoms with E-state index in [1.54, 1.807) is 10.9 Å². The van der Waals surface area contributed by atoms with Gasteiger partial charge < -0.3 is 4.98 Å². The summed E-state index contributed by atoms with van der Waals surface area (Å²) in [5.41, 5.74) is 4.84. The Hall–Kier alpha value is -2.86. The third kappa shape index (κ3) is 3.15. The zero-order chi connectivity index (χ0) is 18.1. The summed E-state index contributed by atoms with van der Waals surface area (Å²) in [7, 11) is 0. The zero-order valence-corrected chi connectivity index (χ0v) is 15.4. The van der Waals surface area contributed by atoms with Gasteiger partial charge in [0.15, 0.2) is 10.8 Å². The number of hydrogen-bond donors (Lipinski definition) is 1. The van der Waals surface area contributed by atoms with Crippen LogP contribution in [0.25, 0.3) is 16.7 Å². The lowest BCUT2D eigenvalue weighted by atomic mass is 10.2. The second kappa shape index (κ2) is 6.80. The number of para-hydroxylation sites is 1. The van der Waals surface area contributed by atoms with Gasteiger partial charge in [-0.3, -0.25) is 4.79 Å². The molecule has 1 N–H and O–H groups in total. The average molecular weight is 362 g/mol. The van der Waals surface area contributed by atoms with Gasteiger partial charge in [-0.05, 0) is 31.0 Å². The fourth-order valence-corrected chi connectivity index (χ4v) is 3.70. The topological polar surface area (TPSA) is 63.6 Å². The lowest BCUT2D eigenvalue weighted by Gasteiger charge is -2.07. The van der Waals surface area contributed by atoms with Crippen LogP contribution >= 0.6 is 11.8 Å². The summed E-state index contributed by atoms with van der Waals surface area (Å²) in [4.78, 5) is 19.9. The Balaban J connectivity index is 1.72. The molecule has 0 aliphatic carbocycles. The monoisotopic (exact) mass is 362 g/mol. The van der Waals surface area contributed by atoms with E-state index >= 15 is 0 Å². The van der Waals surface area contributed by atoms with Crippen LogP contribution < -0.4 is 5.56 Å². The van der Waals surface area contributed by atoms with Gasteiger partial charge in [-0.15, -0.1) is 0 Å². The predicted molar refractivity (Wildman–Crippen MR) is 105 cm³/mol. The van der Waals surface area contributed by atoms with Crippen molar-refractivity contribution in [3.63, 3.8) is 0 Å². The summed E-state index contributed by atoms with van der Waals surface area (Å²) in [6, 6.07) is 16.3. The number of nitrogens with one attached hydrogen (secondary N) is 1. The molecule has 0 aliphatic heterocycles. The number of aryl methyl sites for hydroxylation is 2. The Morgan fingerprint density at radius 3 is 2.77 bits per heavy atom. The molecule has 0 saturated carbocycles. The summed E-state index contributed by atoms with van der Waals surface area (Å²) < 4.78 is 1.73. The van der Waals surface area contributed by atoms with Crippen molar-refractivity contribution < 1.29 is 0 Å². The number of rotatable bonds is 4. The zero-order valence-electron chi connectivity index (χ0n) is 14.6. The van der Waals surface area contributed by atoms with Gasteiger partial charge in [0.1, 0.15) is 5.39 Å². The van der Waals surface area contributed by atoms with Crippen LogP contribution in [-0.4, -0.2) is 19.7 Å². The van der Waals surface area contributed by atoms with Crippen LogP contribution in [0.3, 0.4) is 0 Å². The van der Waals surface area contributed by atoms with Gasteiger partial charge >= 0.3 is 0 Å². The molecule has 2 aromatic carbocycles. The Bertz CT molecular complexity index is 1150. The first-order chi connectivity index (χ1) is 12.6. The van der Waals surface area contributed by atoms with Crippen molar-refractivity contribution >= 4 is 22.8 Å². The molecular weight excluding hydrogens is 344 g/mol. The number of hydrogen-bond acceptors (Lipinski definition) is 4. The number of aromatic amines is 1. The molecule has 0 amide bonds. The molecule has 0 aliphatic rings. The molecule has 0 bridgehead atoms. The van der Waals surface area contributed by atoms with Crippen LogP contribution in [0.2, 0.25) is 0 Å². The summed E-state index contributed by atoms with van der Waals surface area (Å²) in [5, 5.41) is 5.47. The Labute approximate surface area is 155 Å². The van der Waals surface area contributed by atoms with Gasteiger partial charge in [-0.25, -0.2) is 9.67 Å². The van der Waals surface area contributed by atoms with E-state index < -0.39 is 0 Å². The molecule has 5 nitrogen and oxygen atoms in total. The lowest BCUT2D eigenvalue weighted by molar-refractivity contribution is 0.867. The van der Waals surface area contributed by atoms with Crippen molar-refractivity contribution in [2.24, 2.45) is 0 Å². The third-order valence-electron chi connectivity index (χ3n) is 4.22. The molecular formula is C20H18N4OS. The van der Waals surface area contributed by atoms with Crippen molar-refractivity contribution in [2.75, 3.05) is 0 Å². The molecule has 0 saturated heterocycles. The van der Waals surface area contributed by atoms with Crippen molar-refractivity contribution in [3.8, 4) is 5.69 Å². The minimum atomic E-state index is -0.165. The highest BCUT2D eigenvalue weighted by atomic mass is 32.2. The highest BCUT2D eigenvalue weighted by Crippen LogP contribution is 2.22. The van der Waals surface area contributed by atoms with E-state index in [9.17, 15) is 4.79 Å². The second-order valence-electron chi connectivity index (χ2n) is 6.23. The predicted octanol–water partition coefficient (Wildman–Crippen LogP) is 4.02. The summed E-state index contributed by atoms with van der Waals surface area (Å²) in [6.07, 6.45) is 1.57. The van der Waals surface area contributed by atoms with Gasteiger partial charge in [0, 0.05) is 5.75 Å². The molecule has 0 atom stereocenters. The second-order valence-corrected chi connectivity index (χ2v) is 7.19. The maximum atomic E-state index is 12.4. The fraction of sp³-hybridized carbons (Fsp3) is 0.150. The molecule has 2 aromatic heterocycles. The number of aromatic nitrogens is 4. The van der Waals surface area contributed by atoms with Crippen LogP contribution in [0.4, 0.5) is 0 Å². The average Bonchev–Trinajstić information content (AvgIpc) is 3.05. The lowest BCUT2D eigenvalue weighted by Crippen LogP contribution is -2.10. The maximum absolute atomic E-state index is 12.4. The Kier molecular flexibility index (Phi) is 4.34. The molecule has 0 radical (unpaired) electrons. The van der Waals surface area contributed by atoms with Crippen LogP contribution in [0.1, 0.15) is 16.7 Å². The van der Waals surface area contributed by atoms with Gasteiger partial charge in [-0.2, -0.15) is 5.10 Å². The van der Waals surface area contributed by atoms with Gasteiger partial charge in [-0.1, -0.05) is 59.8 Å². The van der Waals surface area contributed by atoms with Gasteiger partial charge in [0.2, 0.25) is 0 Å². The molecule has 0 fully saturated rings. The molecule has 6 heteroatoms. The summed E-state index contributed by atoms with van der Waals surface area (Å²) in [5.74, 6) is 0.745. The van der Waals surface area contributed by atoms with E-state index in [1.807, 2.05) is 37.3 Å². The molecule has 26 heavy (non-hydrogen) atoms. The molecule has 4 aromatic rings. The Morgan fingerprint density at radius 2 is 1.96 bits per heavy atom. The number of benzene rings is 2. The van der Waals surface area contributed by atoms with E-state index in [2.05, 4.69) is 40.2 Å². The first kappa shape index (κ1) is 16.6. The summed E-state index contributed by atoms with van der Waals surface area (Å²) in [6.45, 7) is 4.09. The Morgan fingerprint density at radius 1 is 1.12 bits per heavy atom. The fourth-order valence-electron chi connectivity index (χ4n) is 2.90. The molecule has 4 rings (SSSR count). The van der Waals surface area contributed by atoms with Crippen LogP contribution in [0, 0.1) is 13.8 Å². The molecule has 0 spiro atoms. The molecule has 130 valence electrons. The molecule has 2 heterocycles. The van der Waals surface area contributed by atoms with Crippen molar-refractivity contribution in [1.82, 2.24) is 19.7 Å². The van der Waals surface area contributed by atoms with E-state index in [0.717, 1.165) is 17.0 Å². The first-order valence-corrected chi connectivity index (χ1v) is 9.33. The SMILES string of the molecule is Cc1cccc(CSc2nc3c(cnn3-c3ccccc3C)c(=O)[nH]2)c1. The van der Waals surface area contributed by atoms with E-state index in [1.165, 1.54) is 22.9 Å². The smallest absolute Gasteiger partial charge is 0.262 e. The number of fused-ring (bicyclic) bond motifs is 1. The van der Waals surface area contributed by atoms with Crippen molar-refractivity contribution in [2.45, 2.75) is 24.8 Å². The van der Waals surface area contributed by atoms with Gasteiger partial charge in [0.05, 0.1) is 11.9 Å². The maximum Gasteiger partial charge on any atom is 0.262 e. The number of nitrogens with zero attached hydrogens (tertiary/aromatic N) is 3. The quantitative estimate of drug-likeness (QED) is 0.440. The van der Waals surface area contributed by atoms with Crippen LogP contribution in [0.15, 0.2) is 64.7 Å². The summed E-state index contributed by atoms with van der Waals surface area (Å²) >= 11 is 1.51. The van der Waals surface area contributed by atoms with Crippen molar-refractivity contribution in [3.05, 3.63) is 81.8 Å². The standard InChI is InChI=1S/C20H18N4OS/c1-13-6-5-8-15(10-13)12-26-20-22-18-16(19(25)23-20)11-21-24(18)17-9-4-3-7-14(17)2/h3-11H,12H2,1-2H3,(H,22,23,25). The highest BCUT2D eigenvalue weighted by Gasteiger charge is 2.13. The van der Waals surface area contributed by atoms with E-state index in [-0.39, 0.29) is 5.56 Å². The number of thioether (sulfide) groups is 1. The number of H-pyrrole nitrogens is 1. The first-order valence-electron chi connectivity index (χ1n) is 8.34. The minimum Gasteiger partial charge on any atom is -0.301 e. The normalized spacial score (nSPS) is 11.2. The molecule has 0 unspecified atom stereocenters.